The zero-order valence-corrected chi connectivity index (χ0v) is 20.4. The zero-order valence-electron chi connectivity index (χ0n) is 20.4. The molecule has 3 aliphatic heterocycles. The van der Waals surface area contributed by atoms with Gasteiger partial charge in [0.2, 0.25) is 0 Å². The van der Waals surface area contributed by atoms with Crippen LogP contribution in [0.4, 0.5) is 5.69 Å². The van der Waals surface area contributed by atoms with Crippen LogP contribution < -0.4 is 9.64 Å². The number of amides is 2. The molecule has 0 bridgehead atoms. The number of carbonyl (C=O) groups excluding carboxylic acids is 3. The molecule has 8 nitrogen and oxygen atoms in total. The molecule has 3 heterocycles. The number of aliphatic hydroxyl groups is 1. The molecular formula is C27H29N3O5. The van der Waals surface area contributed by atoms with E-state index in [1.807, 2.05) is 45.0 Å². The average Bonchev–Trinajstić information content (AvgIpc) is 3.40. The summed E-state index contributed by atoms with van der Waals surface area (Å²) < 4.78 is 5.77. The van der Waals surface area contributed by atoms with E-state index in [1.54, 1.807) is 35.2 Å². The number of hydrogen-bond acceptors (Lipinski definition) is 6. The Kier molecular flexibility index (Phi) is 5.44. The van der Waals surface area contributed by atoms with Crippen molar-refractivity contribution in [2.45, 2.75) is 31.9 Å². The van der Waals surface area contributed by atoms with Crippen LogP contribution >= 0.6 is 0 Å². The second-order valence-electron chi connectivity index (χ2n) is 9.54. The number of rotatable bonds is 5. The highest BCUT2D eigenvalue weighted by Crippen LogP contribution is 2.53. The Balaban J connectivity index is 1.77. The summed E-state index contributed by atoms with van der Waals surface area (Å²) in [5.74, 6) is -1.66. The average molecular weight is 476 g/mol. The van der Waals surface area contributed by atoms with Gasteiger partial charge in [0.25, 0.3) is 17.6 Å². The predicted octanol–water partition coefficient (Wildman–Crippen LogP) is 2.51. The highest BCUT2D eigenvalue weighted by molar-refractivity contribution is 6.50. The molecule has 5 rings (SSSR count). The normalized spacial score (nSPS) is 24.5. The van der Waals surface area contributed by atoms with Crippen molar-refractivity contribution in [1.29, 1.82) is 0 Å². The molecule has 3 aliphatic rings. The minimum Gasteiger partial charge on any atom is -0.507 e. The third kappa shape index (κ3) is 3.20. The fourth-order valence-electron chi connectivity index (χ4n) is 5.49. The maximum Gasteiger partial charge on any atom is 0.296 e. The lowest BCUT2D eigenvalue weighted by molar-refractivity contribution is -0.143. The molecule has 0 radical (unpaired) electrons. The van der Waals surface area contributed by atoms with Gasteiger partial charge < -0.3 is 24.5 Å². The molecule has 1 saturated heterocycles. The Morgan fingerprint density at radius 2 is 1.91 bits per heavy atom. The third-order valence-electron chi connectivity index (χ3n) is 7.07. The topological polar surface area (TPSA) is 90.4 Å². The second-order valence-corrected chi connectivity index (χ2v) is 9.54. The fourth-order valence-corrected chi connectivity index (χ4v) is 5.49. The highest BCUT2D eigenvalue weighted by atomic mass is 16.5. The van der Waals surface area contributed by atoms with E-state index < -0.39 is 23.1 Å². The first-order valence-corrected chi connectivity index (χ1v) is 11.9. The number of Topliss-reactive ketones (excluding diaryl/α,β-unsaturated/α-hetero) is 1. The maximum atomic E-state index is 14.1. The number of ether oxygens (including phenoxy) is 1. The Labute approximate surface area is 204 Å². The van der Waals surface area contributed by atoms with E-state index in [0.717, 1.165) is 11.3 Å². The predicted molar refractivity (Wildman–Crippen MR) is 131 cm³/mol. The molecule has 35 heavy (non-hydrogen) atoms. The summed E-state index contributed by atoms with van der Waals surface area (Å²) in [5, 5.41) is 11.6. The summed E-state index contributed by atoms with van der Waals surface area (Å²) in [6.45, 7) is 4.78. The van der Waals surface area contributed by atoms with Gasteiger partial charge in [-0.3, -0.25) is 14.4 Å². The number of likely N-dealkylation sites (N-methyl/N-ethyl adjacent to an activating group) is 2. The van der Waals surface area contributed by atoms with Crippen molar-refractivity contribution < 1.29 is 24.2 Å². The Hall–Kier alpha value is -3.65. The molecule has 182 valence electrons. The van der Waals surface area contributed by atoms with Crippen molar-refractivity contribution in [1.82, 2.24) is 9.80 Å². The molecule has 1 N–H and O–H groups in total. The Morgan fingerprint density at radius 1 is 1.17 bits per heavy atom. The maximum absolute atomic E-state index is 14.1. The number of hydrogen-bond donors (Lipinski definition) is 1. The number of fused-ring (bicyclic) bond motifs is 3. The number of likely N-dealkylation sites (tertiary alicyclic amines) is 1. The molecule has 0 unspecified atom stereocenters. The first kappa shape index (κ1) is 23.1. The van der Waals surface area contributed by atoms with Gasteiger partial charge in [-0.1, -0.05) is 18.2 Å². The van der Waals surface area contributed by atoms with Gasteiger partial charge in [0, 0.05) is 37.2 Å². The Bertz CT molecular complexity index is 1280. The molecule has 2 aromatic rings. The van der Waals surface area contributed by atoms with Gasteiger partial charge in [-0.15, -0.1) is 0 Å². The molecule has 2 aromatic carbocycles. The van der Waals surface area contributed by atoms with Crippen molar-refractivity contribution in [3.63, 3.8) is 0 Å². The van der Waals surface area contributed by atoms with E-state index in [0.29, 0.717) is 36.3 Å². The first-order valence-electron chi connectivity index (χ1n) is 11.9. The Morgan fingerprint density at radius 3 is 2.63 bits per heavy atom. The van der Waals surface area contributed by atoms with E-state index in [-0.39, 0.29) is 24.0 Å². The van der Waals surface area contributed by atoms with Crippen LogP contribution in [0.1, 0.15) is 30.5 Å². The number of para-hydroxylation sites is 1. The van der Waals surface area contributed by atoms with E-state index in [4.69, 9.17) is 4.74 Å². The number of ketones is 1. The number of benzene rings is 2. The smallest absolute Gasteiger partial charge is 0.296 e. The second kappa shape index (κ2) is 8.23. The monoisotopic (exact) mass is 475 g/mol. The highest BCUT2D eigenvalue weighted by Gasteiger charge is 2.66. The van der Waals surface area contributed by atoms with Crippen LogP contribution in [-0.4, -0.2) is 72.3 Å². The van der Waals surface area contributed by atoms with Crippen LogP contribution in [0.2, 0.25) is 0 Å². The zero-order chi connectivity index (χ0) is 25.1. The largest absolute Gasteiger partial charge is 0.507 e. The lowest BCUT2D eigenvalue weighted by Crippen LogP contribution is -2.53. The fraction of sp³-hybridized carbons (Fsp3) is 0.370. The van der Waals surface area contributed by atoms with Crippen molar-refractivity contribution >= 4 is 29.0 Å². The SMILES string of the molecule is CCN1C(=O)[C@@]2(C(=C(O)c3ccc4c(c3)C[C@@H](C)O4)C(=O)C(=O)N2CCN(C)C)c2ccccc21. The van der Waals surface area contributed by atoms with Gasteiger partial charge >= 0.3 is 0 Å². The summed E-state index contributed by atoms with van der Waals surface area (Å²) in [6, 6.07) is 12.4. The van der Waals surface area contributed by atoms with Crippen molar-refractivity contribution in [3.05, 3.63) is 64.7 Å². The van der Waals surface area contributed by atoms with Gasteiger partial charge in [-0.25, -0.2) is 0 Å². The number of nitrogens with zero attached hydrogens (tertiary/aromatic N) is 3. The van der Waals surface area contributed by atoms with Gasteiger partial charge in [-0.2, -0.15) is 0 Å². The molecule has 1 fully saturated rings. The molecular weight excluding hydrogens is 446 g/mol. The van der Waals surface area contributed by atoms with E-state index in [9.17, 15) is 19.5 Å². The van der Waals surface area contributed by atoms with Crippen molar-refractivity contribution in [2.75, 3.05) is 38.6 Å². The van der Waals surface area contributed by atoms with E-state index >= 15 is 0 Å². The lowest BCUT2D eigenvalue weighted by atomic mass is 9.81. The molecule has 8 heteroatoms. The molecule has 2 atom stereocenters. The van der Waals surface area contributed by atoms with E-state index in [2.05, 4.69) is 0 Å². The summed E-state index contributed by atoms with van der Waals surface area (Å²) in [6.07, 6.45) is 0.684. The van der Waals surface area contributed by atoms with Crippen LogP contribution in [0, 0.1) is 0 Å². The number of carbonyl (C=O) groups is 3. The molecule has 1 spiro atoms. The molecule has 0 saturated carbocycles. The number of aliphatic hydroxyl groups excluding tert-OH is 1. The van der Waals surface area contributed by atoms with Crippen molar-refractivity contribution in [3.8, 4) is 5.75 Å². The third-order valence-corrected chi connectivity index (χ3v) is 7.07. The van der Waals surface area contributed by atoms with Crippen LogP contribution in [-0.2, 0) is 26.3 Å². The minimum absolute atomic E-state index is 0.0130. The molecule has 0 aliphatic carbocycles. The summed E-state index contributed by atoms with van der Waals surface area (Å²) in [5.41, 5.74) is 0.561. The van der Waals surface area contributed by atoms with Crippen LogP contribution in [0.25, 0.3) is 5.76 Å². The summed E-state index contributed by atoms with van der Waals surface area (Å²) >= 11 is 0. The first-order chi connectivity index (χ1) is 16.7. The van der Waals surface area contributed by atoms with Crippen LogP contribution in [0.3, 0.4) is 0 Å². The standard InChI is InChI=1S/C27H29N3O5/c1-5-29-20-9-7-6-8-19(20)27(26(29)34)22(24(32)25(33)30(27)13-12-28(3)4)23(31)17-10-11-21-18(15-17)14-16(2)35-21/h6-11,15-16,31H,5,12-14H2,1-4H3/t16-,27+/m1/s1. The van der Waals surface area contributed by atoms with Crippen LogP contribution in [0.15, 0.2) is 48.0 Å². The molecule has 2 amide bonds. The molecule has 0 aromatic heterocycles. The van der Waals surface area contributed by atoms with Crippen molar-refractivity contribution in [2.24, 2.45) is 0 Å². The summed E-state index contributed by atoms with van der Waals surface area (Å²) in [7, 11) is 3.72. The van der Waals surface area contributed by atoms with Gasteiger partial charge in [0.15, 0.2) is 5.54 Å². The minimum atomic E-state index is -1.72. The van der Waals surface area contributed by atoms with Gasteiger partial charge in [0.05, 0.1) is 11.3 Å². The van der Waals surface area contributed by atoms with Gasteiger partial charge in [0.1, 0.15) is 17.6 Å². The van der Waals surface area contributed by atoms with E-state index in [1.165, 1.54) is 4.90 Å². The van der Waals surface area contributed by atoms with Gasteiger partial charge in [-0.05, 0) is 57.8 Å². The quantitative estimate of drug-likeness (QED) is 0.406. The number of anilines is 1. The van der Waals surface area contributed by atoms with Crippen LogP contribution in [0.5, 0.6) is 5.75 Å². The lowest BCUT2D eigenvalue weighted by Gasteiger charge is -2.35. The summed E-state index contributed by atoms with van der Waals surface area (Å²) in [4.78, 5) is 45.9.